The van der Waals surface area contributed by atoms with Crippen molar-refractivity contribution < 1.29 is 23.9 Å². The Kier molecular flexibility index (Phi) is 8.21. The number of carbonyl (C=O) groups is 3. The maximum Gasteiger partial charge on any atom is 0.307 e. The van der Waals surface area contributed by atoms with Crippen molar-refractivity contribution >= 4 is 33.6 Å². The zero-order chi connectivity index (χ0) is 21.4. The molecule has 0 unspecified atom stereocenters. The number of nitriles is 1. The first-order valence-electron chi connectivity index (χ1n) is 9.60. The standard InChI is InChI=1S/C21H25BrN2O5/c1-14(20(27)24-21(13-23)10-4-3-5-11-21)29-19(26)9-7-17(25)16-12-15(22)6-8-18(16)28-2/h6,8,12,14H,3-5,7,9-11H2,1-2H3,(H,24,27)/t14-/m1/s1. The molecule has 0 bridgehead atoms. The molecule has 1 atom stereocenters. The van der Waals surface area contributed by atoms with Crippen LogP contribution >= 0.6 is 15.9 Å². The molecular formula is C21H25BrN2O5. The average Bonchev–Trinajstić information content (AvgIpc) is 2.72. The maximum atomic E-state index is 12.4. The summed E-state index contributed by atoms with van der Waals surface area (Å²) in [6.45, 7) is 1.46. The lowest BCUT2D eigenvalue weighted by Gasteiger charge is -2.32. The van der Waals surface area contributed by atoms with Gasteiger partial charge in [-0.3, -0.25) is 14.4 Å². The number of hydrogen-bond acceptors (Lipinski definition) is 6. The molecule has 1 amide bonds. The number of halogens is 1. The topological polar surface area (TPSA) is 105 Å². The number of nitrogens with one attached hydrogen (secondary N) is 1. The fourth-order valence-electron chi connectivity index (χ4n) is 3.32. The molecule has 0 aromatic heterocycles. The van der Waals surface area contributed by atoms with Crippen LogP contribution in [-0.2, 0) is 14.3 Å². The minimum Gasteiger partial charge on any atom is -0.496 e. The zero-order valence-electron chi connectivity index (χ0n) is 16.6. The van der Waals surface area contributed by atoms with Gasteiger partial charge in [0.2, 0.25) is 0 Å². The first kappa shape index (κ1) is 22.9. The highest BCUT2D eigenvalue weighted by Crippen LogP contribution is 2.28. The number of nitrogens with zero attached hydrogens (tertiary/aromatic N) is 1. The van der Waals surface area contributed by atoms with E-state index in [1.807, 2.05) is 0 Å². The quantitative estimate of drug-likeness (QED) is 0.464. The molecule has 1 N–H and O–H groups in total. The van der Waals surface area contributed by atoms with Crippen LogP contribution in [-0.4, -0.2) is 36.4 Å². The van der Waals surface area contributed by atoms with E-state index in [4.69, 9.17) is 9.47 Å². The van der Waals surface area contributed by atoms with E-state index < -0.39 is 23.5 Å². The van der Waals surface area contributed by atoms with Crippen LogP contribution < -0.4 is 10.1 Å². The number of Topliss-reactive ketones (excluding diaryl/α,β-unsaturated/α-hetero) is 1. The van der Waals surface area contributed by atoms with Gasteiger partial charge in [-0.15, -0.1) is 0 Å². The first-order chi connectivity index (χ1) is 13.8. The van der Waals surface area contributed by atoms with Crippen LogP contribution in [0.2, 0.25) is 0 Å². The van der Waals surface area contributed by atoms with Gasteiger partial charge in [-0.05, 0) is 38.0 Å². The van der Waals surface area contributed by atoms with Gasteiger partial charge in [-0.2, -0.15) is 5.26 Å². The number of ether oxygens (including phenoxy) is 2. The number of amides is 1. The molecule has 1 saturated carbocycles. The van der Waals surface area contributed by atoms with E-state index in [0.717, 1.165) is 23.7 Å². The smallest absolute Gasteiger partial charge is 0.307 e. The lowest BCUT2D eigenvalue weighted by molar-refractivity contribution is -0.155. The third-order valence-corrected chi connectivity index (χ3v) is 5.47. The third-order valence-electron chi connectivity index (χ3n) is 4.98. The van der Waals surface area contributed by atoms with E-state index in [1.54, 1.807) is 18.2 Å². The number of rotatable bonds is 8. The molecule has 0 spiro atoms. The molecule has 8 heteroatoms. The van der Waals surface area contributed by atoms with Crippen LogP contribution in [0.15, 0.2) is 22.7 Å². The van der Waals surface area contributed by atoms with Gasteiger partial charge in [0, 0.05) is 10.9 Å². The number of carbonyl (C=O) groups excluding carboxylic acids is 3. The highest BCUT2D eigenvalue weighted by atomic mass is 79.9. The van der Waals surface area contributed by atoms with Crippen molar-refractivity contribution in [1.82, 2.24) is 5.32 Å². The second kappa shape index (κ2) is 10.4. The normalized spacial score (nSPS) is 16.2. The van der Waals surface area contributed by atoms with E-state index in [0.29, 0.717) is 24.2 Å². The molecule has 0 heterocycles. The van der Waals surface area contributed by atoms with E-state index in [-0.39, 0.29) is 18.6 Å². The molecule has 0 saturated heterocycles. The maximum absolute atomic E-state index is 12.4. The summed E-state index contributed by atoms with van der Waals surface area (Å²) < 4.78 is 11.1. The average molecular weight is 465 g/mol. The molecule has 0 radical (unpaired) electrons. The van der Waals surface area contributed by atoms with Crippen molar-refractivity contribution in [3.05, 3.63) is 28.2 Å². The summed E-state index contributed by atoms with van der Waals surface area (Å²) in [7, 11) is 1.47. The van der Waals surface area contributed by atoms with Crippen LogP contribution in [0.4, 0.5) is 0 Å². The van der Waals surface area contributed by atoms with Crippen molar-refractivity contribution in [3.63, 3.8) is 0 Å². The summed E-state index contributed by atoms with van der Waals surface area (Å²) >= 11 is 3.31. The second-order valence-electron chi connectivity index (χ2n) is 7.14. The van der Waals surface area contributed by atoms with Crippen LogP contribution in [0.5, 0.6) is 5.75 Å². The van der Waals surface area contributed by atoms with Crippen molar-refractivity contribution in [3.8, 4) is 11.8 Å². The SMILES string of the molecule is COc1ccc(Br)cc1C(=O)CCC(=O)O[C@H](C)C(=O)NC1(C#N)CCCCC1. The summed E-state index contributed by atoms with van der Waals surface area (Å²) in [4.78, 5) is 36.9. The molecule has 1 aromatic carbocycles. The highest BCUT2D eigenvalue weighted by molar-refractivity contribution is 9.10. The highest BCUT2D eigenvalue weighted by Gasteiger charge is 2.35. The van der Waals surface area contributed by atoms with Crippen molar-refractivity contribution in [2.24, 2.45) is 0 Å². The van der Waals surface area contributed by atoms with Crippen LogP contribution in [0.25, 0.3) is 0 Å². The Bertz CT molecular complexity index is 812. The van der Waals surface area contributed by atoms with Gasteiger partial charge in [-0.25, -0.2) is 0 Å². The molecule has 29 heavy (non-hydrogen) atoms. The number of hydrogen-bond donors (Lipinski definition) is 1. The third kappa shape index (κ3) is 6.29. The zero-order valence-corrected chi connectivity index (χ0v) is 18.2. The van der Waals surface area contributed by atoms with E-state index in [9.17, 15) is 19.6 Å². The summed E-state index contributed by atoms with van der Waals surface area (Å²) in [6.07, 6.45) is 2.73. The number of esters is 1. The fourth-order valence-corrected chi connectivity index (χ4v) is 3.68. The van der Waals surface area contributed by atoms with Gasteiger partial charge in [0.05, 0.1) is 25.2 Å². The monoisotopic (exact) mass is 464 g/mol. The summed E-state index contributed by atoms with van der Waals surface area (Å²) in [5.41, 5.74) is -0.517. The second-order valence-corrected chi connectivity index (χ2v) is 8.06. The molecule has 1 aliphatic carbocycles. The molecule has 1 fully saturated rings. The Labute approximate surface area is 178 Å². The molecule has 2 rings (SSSR count). The molecule has 7 nitrogen and oxygen atoms in total. The van der Waals surface area contributed by atoms with Gasteiger partial charge >= 0.3 is 5.97 Å². The molecule has 0 aliphatic heterocycles. The van der Waals surface area contributed by atoms with Crippen molar-refractivity contribution in [2.75, 3.05) is 7.11 Å². The number of ketones is 1. The molecule has 1 aliphatic rings. The van der Waals surface area contributed by atoms with Crippen LogP contribution in [0, 0.1) is 11.3 Å². The Morgan fingerprint density at radius 1 is 1.24 bits per heavy atom. The number of benzene rings is 1. The van der Waals surface area contributed by atoms with E-state index >= 15 is 0 Å². The minimum atomic E-state index is -1.04. The molecule has 1 aromatic rings. The Morgan fingerprint density at radius 3 is 2.55 bits per heavy atom. The van der Waals surface area contributed by atoms with E-state index in [1.165, 1.54) is 14.0 Å². The van der Waals surface area contributed by atoms with Crippen molar-refractivity contribution in [1.29, 1.82) is 5.26 Å². The summed E-state index contributed by atoms with van der Waals surface area (Å²) in [5, 5.41) is 12.2. The Balaban J connectivity index is 1.87. The lowest BCUT2D eigenvalue weighted by atomic mass is 9.83. The van der Waals surface area contributed by atoms with Gasteiger partial charge in [0.1, 0.15) is 11.3 Å². The summed E-state index contributed by atoms with van der Waals surface area (Å²) in [6, 6.07) is 7.25. The predicted octanol–water partition coefficient (Wildman–Crippen LogP) is 3.69. The van der Waals surface area contributed by atoms with Gasteiger partial charge in [-0.1, -0.05) is 35.2 Å². The summed E-state index contributed by atoms with van der Waals surface area (Å²) in [5.74, 6) is -0.983. The largest absolute Gasteiger partial charge is 0.496 e. The van der Waals surface area contributed by atoms with Crippen LogP contribution in [0.3, 0.4) is 0 Å². The van der Waals surface area contributed by atoms with Gasteiger partial charge < -0.3 is 14.8 Å². The van der Waals surface area contributed by atoms with Gasteiger partial charge in [0.25, 0.3) is 5.91 Å². The van der Waals surface area contributed by atoms with Crippen LogP contribution in [0.1, 0.15) is 62.2 Å². The molecular weight excluding hydrogens is 440 g/mol. The van der Waals surface area contributed by atoms with Crippen molar-refractivity contribution in [2.45, 2.75) is 63.5 Å². The first-order valence-corrected chi connectivity index (χ1v) is 10.4. The minimum absolute atomic E-state index is 0.0673. The Hall–Kier alpha value is -2.40. The predicted molar refractivity (Wildman–Crippen MR) is 109 cm³/mol. The Morgan fingerprint density at radius 2 is 1.93 bits per heavy atom. The fraction of sp³-hybridized carbons (Fsp3) is 0.524. The molecule has 156 valence electrons. The number of methoxy groups -OCH3 is 1. The lowest BCUT2D eigenvalue weighted by Crippen LogP contribution is -2.52. The van der Waals surface area contributed by atoms with Gasteiger partial charge in [0.15, 0.2) is 11.9 Å². The van der Waals surface area contributed by atoms with E-state index in [2.05, 4.69) is 27.3 Å².